The number of rotatable bonds is 0. The number of hydrogen-bond donors (Lipinski definition) is 1. The summed E-state index contributed by atoms with van der Waals surface area (Å²) in [5.41, 5.74) is 0. The molecule has 5 heteroatoms. The van der Waals surface area contributed by atoms with Gasteiger partial charge in [-0.05, 0) is 0 Å². The zero-order chi connectivity index (χ0) is 3.58. The molecule has 0 unspecified atom stereocenters. The Morgan fingerprint density at radius 3 is 1.57 bits per heavy atom. The largest absolute Gasteiger partial charge is 2.00 e. The van der Waals surface area contributed by atoms with Crippen LogP contribution in [-0.2, 0) is 4.79 Å². The van der Waals surface area contributed by atoms with Crippen molar-refractivity contribution in [3.05, 3.63) is 0 Å². The Hall–Kier alpha value is 1.95. The third-order valence-electron chi connectivity index (χ3n) is 0. The maximum Gasteiger partial charge on any atom is 2.00 e. The van der Waals surface area contributed by atoms with E-state index in [2.05, 4.69) is 0 Å². The van der Waals surface area contributed by atoms with Crippen LogP contribution in [0, 0.1) is 0 Å². The Labute approximate surface area is 108 Å². The van der Waals surface area contributed by atoms with Crippen LogP contribution < -0.4 is 0 Å². The maximum absolute atomic E-state index is 9.00. The molecule has 0 aliphatic carbocycles. The molecule has 3 nitrogen and oxygen atoms in total. The molecule has 0 amide bonds. The van der Waals surface area contributed by atoms with E-state index in [1.165, 1.54) is 0 Å². The number of carboxylic acids is 1. The summed E-state index contributed by atoms with van der Waals surface area (Å²) in [6.07, 6.45) is 0. The van der Waals surface area contributed by atoms with Crippen LogP contribution >= 0.6 is 0 Å². The second-order valence-electron chi connectivity index (χ2n) is 0.519. The normalized spacial score (nSPS) is 3.57. The molecule has 40 valence electrons. The van der Waals surface area contributed by atoms with Gasteiger partial charge in [0.15, 0.2) is 0 Å². The van der Waals surface area contributed by atoms with Crippen molar-refractivity contribution < 1.29 is 21.1 Å². The van der Waals surface area contributed by atoms with Gasteiger partial charge in [0.05, 0.1) is 0 Å². The standard InChI is InChI=1S/C2H4O2.2Ca.H2O.4H/c1-2(3)4;;;;;;;/h1H3,(H,3,4);;;1H2;;;;/q;2*+2;;4*-1. The molecule has 0 aliphatic rings. The van der Waals surface area contributed by atoms with Crippen LogP contribution in [0.1, 0.15) is 12.6 Å². The molecule has 0 bridgehead atoms. The Morgan fingerprint density at radius 1 is 1.57 bits per heavy atom. The molecule has 0 aromatic heterocycles. The monoisotopic (exact) mass is 162 g/mol. The molecule has 0 spiro atoms. The van der Waals surface area contributed by atoms with Crippen molar-refractivity contribution in [1.82, 2.24) is 0 Å². The van der Waals surface area contributed by atoms with Crippen LogP contribution in [0.25, 0.3) is 0 Å². The van der Waals surface area contributed by atoms with E-state index in [1.807, 2.05) is 0 Å². The zero-order valence-corrected chi connectivity index (χ0v) is 8.69. The molecular formula is C2H10Ca2O3. The smallest absolute Gasteiger partial charge is 1.00 e. The van der Waals surface area contributed by atoms with Crippen LogP contribution in [0.3, 0.4) is 0 Å². The maximum atomic E-state index is 9.00. The summed E-state index contributed by atoms with van der Waals surface area (Å²) in [4.78, 5) is 9.00. The molecule has 0 radical (unpaired) electrons. The third-order valence-corrected chi connectivity index (χ3v) is 0. The Kier molecular flexibility index (Phi) is 51.7. The van der Waals surface area contributed by atoms with Crippen molar-refractivity contribution in [3.8, 4) is 0 Å². The van der Waals surface area contributed by atoms with Crippen LogP contribution in [-0.4, -0.2) is 92.0 Å². The summed E-state index contributed by atoms with van der Waals surface area (Å²) in [6.45, 7) is 1.08. The summed E-state index contributed by atoms with van der Waals surface area (Å²) in [5.74, 6) is -0.833. The van der Waals surface area contributed by atoms with Crippen LogP contribution in [0.4, 0.5) is 0 Å². The van der Waals surface area contributed by atoms with Gasteiger partial charge in [0, 0.05) is 6.92 Å². The zero-order valence-electron chi connectivity index (χ0n) is 8.27. The van der Waals surface area contributed by atoms with E-state index in [0.29, 0.717) is 0 Å². The first kappa shape index (κ1) is 23.1. The Morgan fingerprint density at radius 2 is 1.57 bits per heavy atom. The molecule has 3 N–H and O–H groups in total. The third kappa shape index (κ3) is 74.0. The van der Waals surface area contributed by atoms with Crippen molar-refractivity contribution in [2.45, 2.75) is 6.92 Å². The quantitative estimate of drug-likeness (QED) is 0.462. The van der Waals surface area contributed by atoms with E-state index in [9.17, 15) is 0 Å². The van der Waals surface area contributed by atoms with Crippen LogP contribution in [0.15, 0.2) is 0 Å². The molecule has 0 fully saturated rings. The average molecular weight is 162 g/mol. The first-order valence-electron chi connectivity index (χ1n) is 0.928. The van der Waals surface area contributed by atoms with Gasteiger partial charge in [0.25, 0.3) is 5.97 Å². The van der Waals surface area contributed by atoms with Crippen LogP contribution in [0.2, 0.25) is 0 Å². The van der Waals surface area contributed by atoms with Gasteiger partial charge in [-0.25, -0.2) is 0 Å². The summed E-state index contributed by atoms with van der Waals surface area (Å²) < 4.78 is 0. The molecular weight excluding hydrogens is 152 g/mol. The molecule has 7 heavy (non-hydrogen) atoms. The minimum absolute atomic E-state index is 0. The molecule has 0 aromatic carbocycles. The second-order valence-corrected chi connectivity index (χ2v) is 0.519. The minimum Gasteiger partial charge on any atom is -1.00 e. The molecule has 0 saturated heterocycles. The molecule has 0 saturated carbocycles. The summed E-state index contributed by atoms with van der Waals surface area (Å²) >= 11 is 0. The molecule has 0 aliphatic heterocycles. The first-order valence-corrected chi connectivity index (χ1v) is 0.928. The first-order chi connectivity index (χ1) is 1.73. The fraction of sp³-hybridized carbons (Fsp3) is 0.500. The van der Waals surface area contributed by atoms with Crippen molar-refractivity contribution >= 4 is 81.4 Å². The number of aliphatic carboxylic acids is 1. The topological polar surface area (TPSA) is 68.8 Å². The van der Waals surface area contributed by atoms with Gasteiger partial charge in [0.2, 0.25) is 0 Å². The van der Waals surface area contributed by atoms with Gasteiger partial charge in [-0.2, -0.15) is 0 Å². The molecule has 0 aromatic rings. The van der Waals surface area contributed by atoms with Gasteiger partial charge in [-0.3, -0.25) is 4.79 Å². The van der Waals surface area contributed by atoms with Crippen molar-refractivity contribution in [2.75, 3.05) is 0 Å². The molecule has 0 rings (SSSR count). The predicted octanol–water partition coefficient (Wildman–Crippen LogP) is -1.05. The molecule has 0 heterocycles. The van der Waals surface area contributed by atoms with Gasteiger partial charge in [-0.1, -0.05) is 0 Å². The number of hydrogen-bond acceptors (Lipinski definition) is 1. The predicted molar refractivity (Wildman–Crippen MR) is 32.9 cm³/mol. The number of carboxylic acid groups (broad SMARTS) is 1. The Balaban J connectivity index is -0.00000000214. The van der Waals surface area contributed by atoms with Gasteiger partial charge in [0.1, 0.15) is 0 Å². The summed E-state index contributed by atoms with van der Waals surface area (Å²) in [7, 11) is 0. The fourth-order valence-electron chi connectivity index (χ4n) is 0. The SMILES string of the molecule is CC(=O)O.O.[Ca+2].[Ca+2].[H-].[H-].[H-].[H-]. The van der Waals surface area contributed by atoms with E-state index < -0.39 is 5.97 Å². The average Bonchev–Trinajstić information content (AvgIpc) is 0.811. The summed E-state index contributed by atoms with van der Waals surface area (Å²) in [5, 5.41) is 7.42. The van der Waals surface area contributed by atoms with Gasteiger partial charge in [-0.15, -0.1) is 0 Å². The van der Waals surface area contributed by atoms with Crippen LogP contribution in [0.5, 0.6) is 0 Å². The van der Waals surface area contributed by atoms with Crippen molar-refractivity contribution in [1.29, 1.82) is 0 Å². The van der Waals surface area contributed by atoms with Gasteiger partial charge < -0.3 is 16.3 Å². The van der Waals surface area contributed by atoms with E-state index in [0.717, 1.165) is 6.92 Å². The van der Waals surface area contributed by atoms with E-state index in [-0.39, 0.29) is 86.7 Å². The van der Waals surface area contributed by atoms with Gasteiger partial charge >= 0.3 is 75.5 Å². The van der Waals surface area contributed by atoms with E-state index in [4.69, 9.17) is 9.90 Å². The van der Waals surface area contributed by atoms with Crippen molar-refractivity contribution in [2.24, 2.45) is 0 Å². The number of carbonyl (C=O) groups is 1. The van der Waals surface area contributed by atoms with E-state index in [1.54, 1.807) is 0 Å². The molecule has 0 atom stereocenters. The summed E-state index contributed by atoms with van der Waals surface area (Å²) in [6, 6.07) is 0. The van der Waals surface area contributed by atoms with E-state index >= 15 is 0 Å². The minimum atomic E-state index is -0.833. The second kappa shape index (κ2) is 15.7. The Bertz CT molecular complexity index is 44.3. The fourth-order valence-corrected chi connectivity index (χ4v) is 0. The van der Waals surface area contributed by atoms with Crippen molar-refractivity contribution in [3.63, 3.8) is 0 Å².